The van der Waals surface area contributed by atoms with Crippen LogP contribution in [-0.4, -0.2) is 22.8 Å². The monoisotopic (exact) mass is 334 g/mol. The number of amides is 1. The summed E-state index contributed by atoms with van der Waals surface area (Å²) in [6.45, 7) is 0. The number of rotatable bonds is 4. The summed E-state index contributed by atoms with van der Waals surface area (Å²) >= 11 is 12.4. The molecule has 1 aliphatic rings. The Morgan fingerprint density at radius 3 is 2.68 bits per heavy atom. The first-order valence-electron chi connectivity index (χ1n) is 7.19. The quantitative estimate of drug-likeness (QED) is 0.832. The van der Waals surface area contributed by atoms with E-state index in [9.17, 15) is 4.79 Å². The first-order valence-corrected chi connectivity index (χ1v) is 7.95. The van der Waals surface area contributed by atoms with E-state index in [1.165, 1.54) is 0 Å². The van der Waals surface area contributed by atoms with Crippen molar-refractivity contribution < 1.29 is 4.79 Å². The van der Waals surface area contributed by atoms with Crippen LogP contribution in [-0.2, 0) is 4.79 Å². The first kappa shape index (κ1) is 15.3. The average Bonchev–Trinajstić information content (AvgIpc) is 3.34. The minimum Gasteiger partial charge on any atom is -0.334 e. The zero-order valence-corrected chi connectivity index (χ0v) is 13.7. The van der Waals surface area contributed by atoms with Crippen molar-refractivity contribution >= 4 is 29.1 Å². The van der Waals surface area contributed by atoms with Crippen molar-refractivity contribution in [3.05, 3.63) is 63.9 Å². The second kappa shape index (κ2) is 6.27. The zero-order chi connectivity index (χ0) is 15.7. The number of benzene rings is 1. The lowest BCUT2D eigenvalue weighted by Gasteiger charge is -2.29. The van der Waals surface area contributed by atoms with Gasteiger partial charge >= 0.3 is 0 Å². The standard InChI is InChI=1S/C17H16Cl2N2O/c1-21(17(22)11-4-5-11)16(12-3-2-8-20-10-12)14-7-6-13(18)9-15(14)19/h2-3,6-11,16H,4-5H2,1H3/t16-/m1/s1. The van der Waals surface area contributed by atoms with Crippen LogP contribution in [0.2, 0.25) is 10.0 Å². The second-order valence-corrected chi connectivity index (χ2v) is 6.42. The fraction of sp³-hybridized carbons (Fsp3) is 0.294. The van der Waals surface area contributed by atoms with Crippen LogP contribution in [0.4, 0.5) is 0 Å². The van der Waals surface area contributed by atoms with E-state index in [0.717, 1.165) is 24.0 Å². The van der Waals surface area contributed by atoms with E-state index in [4.69, 9.17) is 23.2 Å². The molecule has 1 aromatic carbocycles. The molecule has 114 valence electrons. The van der Waals surface area contributed by atoms with Crippen molar-refractivity contribution in [3.63, 3.8) is 0 Å². The maximum absolute atomic E-state index is 12.5. The Labute approximate surface area is 139 Å². The second-order valence-electron chi connectivity index (χ2n) is 5.58. The smallest absolute Gasteiger partial charge is 0.226 e. The molecule has 1 fully saturated rings. The summed E-state index contributed by atoms with van der Waals surface area (Å²) in [5.74, 6) is 0.301. The minimum atomic E-state index is -0.258. The molecule has 0 N–H and O–H groups in total. The maximum atomic E-state index is 12.5. The fourth-order valence-electron chi connectivity index (χ4n) is 2.62. The largest absolute Gasteiger partial charge is 0.334 e. The van der Waals surface area contributed by atoms with Gasteiger partial charge in [0, 0.05) is 35.4 Å². The highest BCUT2D eigenvalue weighted by molar-refractivity contribution is 6.35. The van der Waals surface area contributed by atoms with Crippen LogP contribution < -0.4 is 0 Å². The highest BCUT2D eigenvalue weighted by atomic mass is 35.5. The molecule has 3 nitrogen and oxygen atoms in total. The molecule has 1 amide bonds. The molecule has 5 heteroatoms. The molecule has 0 bridgehead atoms. The van der Waals surface area contributed by atoms with Crippen LogP contribution in [0.1, 0.15) is 30.0 Å². The number of carbonyl (C=O) groups excluding carboxylic acids is 1. The van der Waals surface area contributed by atoms with E-state index >= 15 is 0 Å². The van der Waals surface area contributed by atoms with Crippen molar-refractivity contribution in [1.29, 1.82) is 0 Å². The van der Waals surface area contributed by atoms with E-state index in [1.54, 1.807) is 29.4 Å². The lowest BCUT2D eigenvalue weighted by atomic mass is 9.98. The van der Waals surface area contributed by atoms with Gasteiger partial charge in [0.2, 0.25) is 5.91 Å². The van der Waals surface area contributed by atoms with Gasteiger partial charge < -0.3 is 4.90 Å². The third kappa shape index (κ3) is 3.11. The summed E-state index contributed by atoms with van der Waals surface area (Å²) < 4.78 is 0. The van der Waals surface area contributed by atoms with E-state index in [1.807, 2.05) is 25.2 Å². The number of halogens is 2. The zero-order valence-electron chi connectivity index (χ0n) is 12.2. The third-order valence-electron chi connectivity index (χ3n) is 3.92. The third-order valence-corrected chi connectivity index (χ3v) is 4.48. The van der Waals surface area contributed by atoms with Crippen molar-refractivity contribution in [2.75, 3.05) is 7.05 Å². The highest BCUT2D eigenvalue weighted by Gasteiger charge is 2.36. The van der Waals surface area contributed by atoms with Gasteiger partial charge in [0.1, 0.15) is 0 Å². The normalized spacial score (nSPS) is 15.4. The fourth-order valence-corrected chi connectivity index (χ4v) is 3.13. The van der Waals surface area contributed by atoms with Gasteiger partial charge in [-0.05, 0) is 42.2 Å². The van der Waals surface area contributed by atoms with Crippen molar-refractivity contribution in [1.82, 2.24) is 9.88 Å². The summed E-state index contributed by atoms with van der Waals surface area (Å²) in [5.41, 5.74) is 1.79. The van der Waals surface area contributed by atoms with Crippen LogP contribution in [0, 0.1) is 5.92 Å². The lowest BCUT2D eigenvalue weighted by Crippen LogP contribution is -2.33. The SMILES string of the molecule is CN(C(=O)C1CC1)[C@H](c1cccnc1)c1ccc(Cl)cc1Cl. The number of hydrogen-bond donors (Lipinski definition) is 0. The average molecular weight is 335 g/mol. The minimum absolute atomic E-state index is 0.148. The molecule has 1 aromatic heterocycles. The summed E-state index contributed by atoms with van der Waals surface area (Å²) in [7, 11) is 1.82. The Bertz CT molecular complexity index is 686. The van der Waals surface area contributed by atoms with Gasteiger partial charge in [0.25, 0.3) is 0 Å². The first-order chi connectivity index (χ1) is 10.6. The van der Waals surface area contributed by atoms with Gasteiger partial charge in [0.05, 0.1) is 6.04 Å². The predicted octanol–water partition coefficient (Wildman–Crippen LogP) is 4.35. The van der Waals surface area contributed by atoms with Crippen molar-refractivity contribution in [3.8, 4) is 0 Å². The molecule has 0 unspecified atom stereocenters. The number of aromatic nitrogens is 1. The molecule has 0 saturated heterocycles. The molecule has 1 aliphatic carbocycles. The summed E-state index contributed by atoms with van der Waals surface area (Å²) in [5, 5.41) is 1.13. The summed E-state index contributed by atoms with van der Waals surface area (Å²) in [4.78, 5) is 18.4. The molecular formula is C17H16Cl2N2O. The molecule has 1 saturated carbocycles. The number of pyridine rings is 1. The van der Waals surface area contributed by atoms with Crippen LogP contribution in [0.25, 0.3) is 0 Å². The topological polar surface area (TPSA) is 33.2 Å². The van der Waals surface area contributed by atoms with Gasteiger partial charge in [-0.3, -0.25) is 9.78 Å². The predicted molar refractivity (Wildman–Crippen MR) is 88.0 cm³/mol. The molecule has 2 aromatic rings. The van der Waals surface area contributed by atoms with E-state index in [2.05, 4.69) is 4.98 Å². The van der Waals surface area contributed by atoms with Crippen LogP contribution in [0.15, 0.2) is 42.7 Å². The molecule has 0 aliphatic heterocycles. The molecule has 1 atom stereocenters. The highest BCUT2D eigenvalue weighted by Crippen LogP contribution is 2.38. The Morgan fingerprint density at radius 1 is 1.32 bits per heavy atom. The Morgan fingerprint density at radius 2 is 2.09 bits per heavy atom. The van der Waals surface area contributed by atoms with Crippen molar-refractivity contribution in [2.45, 2.75) is 18.9 Å². The van der Waals surface area contributed by atoms with Gasteiger partial charge in [-0.1, -0.05) is 35.3 Å². The van der Waals surface area contributed by atoms with Crippen LogP contribution in [0.5, 0.6) is 0 Å². The maximum Gasteiger partial charge on any atom is 0.226 e. The molecule has 0 spiro atoms. The Hall–Kier alpha value is -1.58. The summed E-state index contributed by atoms with van der Waals surface area (Å²) in [6, 6.07) is 8.94. The van der Waals surface area contributed by atoms with Crippen molar-refractivity contribution in [2.24, 2.45) is 5.92 Å². The van der Waals surface area contributed by atoms with Gasteiger partial charge in [-0.15, -0.1) is 0 Å². The molecule has 1 heterocycles. The van der Waals surface area contributed by atoms with E-state index < -0.39 is 0 Å². The van der Waals surface area contributed by atoms with Gasteiger partial charge in [-0.2, -0.15) is 0 Å². The van der Waals surface area contributed by atoms with Crippen LogP contribution in [0.3, 0.4) is 0 Å². The number of carbonyl (C=O) groups is 1. The Balaban J connectivity index is 2.04. The van der Waals surface area contributed by atoms with E-state index in [0.29, 0.717) is 10.0 Å². The van der Waals surface area contributed by atoms with Crippen LogP contribution >= 0.6 is 23.2 Å². The molecule has 22 heavy (non-hydrogen) atoms. The number of hydrogen-bond acceptors (Lipinski definition) is 2. The molecule has 0 radical (unpaired) electrons. The van der Waals surface area contributed by atoms with Gasteiger partial charge in [0.15, 0.2) is 0 Å². The van der Waals surface area contributed by atoms with E-state index in [-0.39, 0.29) is 17.9 Å². The molecular weight excluding hydrogens is 319 g/mol. The molecule has 3 rings (SSSR count). The summed E-state index contributed by atoms with van der Waals surface area (Å²) in [6.07, 6.45) is 5.42. The lowest BCUT2D eigenvalue weighted by molar-refractivity contribution is -0.132. The Kier molecular flexibility index (Phi) is 4.37. The number of nitrogens with zero attached hydrogens (tertiary/aromatic N) is 2. The van der Waals surface area contributed by atoms with Gasteiger partial charge in [-0.25, -0.2) is 0 Å².